The first-order valence-corrected chi connectivity index (χ1v) is 11.5. The lowest BCUT2D eigenvalue weighted by molar-refractivity contribution is -0.142. The van der Waals surface area contributed by atoms with Gasteiger partial charge < -0.3 is 14.2 Å². The minimum Gasteiger partial charge on any atom is -0.481 e. The van der Waals surface area contributed by atoms with Crippen molar-refractivity contribution in [2.24, 2.45) is 4.99 Å². The molecule has 0 atom stereocenters. The van der Waals surface area contributed by atoms with Crippen molar-refractivity contribution in [3.8, 4) is 5.75 Å². The van der Waals surface area contributed by atoms with Gasteiger partial charge in [0.2, 0.25) is 0 Å². The molecule has 3 rings (SSSR count). The maximum Gasteiger partial charge on any atom is 0.343 e. The minimum atomic E-state index is -0.483. The number of ether oxygens (including phenoxy) is 3. The number of amidine groups is 1. The van der Waals surface area contributed by atoms with Gasteiger partial charge in [-0.05, 0) is 76.6 Å². The zero-order valence-corrected chi connectivity index (χ0v) is 20.6. The normalized spacial score (nSPS) is 15.8. The zero-order chi connectivity index (χ0) is 24.0. The third-order valence-electron chi connectivity index (χ3n) is 4.41. The van der Waals surface area contributed by atoms with E-state index in [1.807, 2.05) is 0 Å². The molecule has 0 aliphatic carbocycles. The van der Waals surface area contributed by atoms with E-state index in [9.17, 15) is 14.4 Å². The fourth-order valence-electron chi connectivity index (χ4n) is 2.75. The number of benzene rings is 2. The third kappa shape index (κ3) is 6.23. The van der Waals surface area contributed by atoms with E-state index in [-0.39, 0.29) is 19.1 Å². The molecule has 0 bridgehead atoms. The molecule has 1 amide bonds. The Balaban J connectivity index is 1.78. The summed E-state index contributed by atoms with van der Waals surface area (Å²) in [6.45, 7) is 1.83. The predicted molar refractivity (Wildman–Crippen MR) is 129 cm³/mol. The highest BCUT2D eigenvalue weighted by molar-refractivity contribution is 9.10. The van der Waals surface area contributed by atoms with Crippen LogP contribution in [-0.2, 0) is 19.1 Å². The van der Waals surface area contributed by atoms with Crippen LogP contribution in [0.4, 0.5) is 5.69 Å². The van der Waals surface area contributed by atoms with E-state index >= 15 is 0 Å². The number of esters is 2. The molecular weight excluding hydrogens is 512 g/mol. The van der Waals surface area contributed by atoms with Gasteiger partial charge in [0.1, 0.15) is 5.75 Å². The van der Waals surface area contributed by atoms with Crippen molar-refractivity contribution in [1.29, 1.82) is 0 Å². The molecule has 33 heavy (non-hydrogen) atoms. The van der Waals surface area contributed by atoms with Crippen LogP contribution in [0.2, 0.25) is 0 Å². The second kappa shape index (κ2) is 11.2. The lowest BCUT2D eigenvalue weighted by Gasteiger charge is -2.08. The van der Waals surface area contributed by atoms with E-state index < -0.39 is 11.9 Å². The maximum atomic E-state index is 12.7. The number of halogens is 1. The average Bonchev–Trinajstić information content (AvgIpc) is 3.06. The second-order valence-corrected chi connectivity index (χ2v) is 8.56. The number of amides is 1. The standard InChI is InChI=1S/C23H21BrN2O6S/c1-4-31-22(29)15-6-5-7-16(12-15)25-23-26(2)21(28)19(33-23)11-14-8-9-18(17(24)10-14)32-13-20(27)30-3/h5-12H,4,13H2,1-3H3. The number of hydrogen-bond donors (Lipinski definition) is 0. The predicted octanol–water partition coefficient (Wildman–Crippen LogP) is 4.41. The van der Waals surface area contributed by atoms with Gasteiger partial charge in [0.05, 0.1) is 34.3 Å². The monoisotopic (exact) mass is 532 g/mol. The summed E-state index contributed by atoms with van der Waals surface area (Å²) in [4.78, 5) is 42.4. The Morgan fingerprint density at radius 2 is 2.00 bits per heavy atom. The summed E-state index contributed by atoms with van der Waals surface area (Å²) in [6, 6.07) is 12.0. The Morgan fingerprint density at radius 3 is 2.70 bits per heavy atom. The molecule has 0 radical (unpaired) electrons. The lowest BCUT2D eigenvalue weighted by Crippen LogP contribution is -2.23. The molecule has 0 N–H and O–H groups in total. The highest BCUT2D eigenvalue weighted by Gasteiger charge is 2.30. The number of nitrogens with zero attached hydrogens (tertiary/aromatic N) is 2. The van der Waals surface area contributed by atoms with Gasteiger partial charge in [-0.25, -0.2) is 14.6 Å². The van der Waals surface area contributed by atoms with Crippen molar-refractivity contribution in [2.75, 3.05) is 27.4 Å². The summed E-state index contributed by atoms with van der Waals surface area (Å²) in [7, 11) is 2.93. The Labute approximate surface area is 203 Å². The van der Waals surface area contributed by atoms with Crippen LogP contribution >= 0.6 is 27.7 Å². The van der Waals surface area contributed by atoms with Crippen LogP contribution in [0, 0.1) is 0 Å². The van der Waals surface area contributed by atoms with Crippen LogP contribution in [-0.4, -0.2) is 55.3 Å². The Hall–Kier alpha value is -3.11. The number of hydrogen-bond acceptors (Lipinski definition) is 8. The Morgan fingerprint density at radius 1 is 1.21 bits per heavy atom. The molecule has 0 saturated carbocycles. The molecule has 8 nitrogen and oxygen atoms in total. The average molecular weight is 533 g/mol. The van der Waals surface area contributed by atoms with Gasteiger partial charge in [-0.15, -0.1) is 0 Å². The molecule has 1 aliphatic rings. The van der Waals surface area contributed by atoms with Crippen LogP contribution in [0.15, 0.2) is 56.8 Å². The molecule has 1 saturated heterocycles. The van der Waals surface area contributed by atoms with E-state index in [1.165, 1.54) is 23.8 Å². The largest absolute Gasteiger partial charge is 0.481 e. The quantitative estimate of drug-likeness (QED) is 0.385. The van der Waals surface area contributed by atoms with Crippen LogP contribution in [0.3, 0.4) is 0 Å². The molecular formula is C23H21BrN2O6S. The number of methoxy groups -OCH3 is 1. The minimum absolute atomic E-state index is 0.192. The van der Waals surface area contributed by atoms with Crippen molar-refractivity contribution in [3.05, 3.63) is 63.0 Å². The van der Waals surface area contributed by atoms with Crippen molar-refractivity contribution < 1.29 is 28.6 Å². The summed E-state index contributed by atoms with van der Waals surface area (Å²) in [6.07, 6.45) is 1.75. The zero-order valence-electron chi connectivity index (χ0n) is 18.2. The van der Waals surface area contributed by atoms with Gasteiger partial charge in [-0.3, -0.25) is 9.69 Å². The fourth-order valence-corrected chi connectivity index (χ4v) is 4.25. The summed E-state index contributed by atoms with van der Waals surface area (Å²) >= 11 is 4.64. The van der Waals surface area contributed by atoms with Crippen LogP contribution in [0.1, 0.15) is 22.8 Å². The first-order chi connectivity index (χ1) is 15.8. The smallest absolute Gasteiger partial charge is 0.343 e. The third-order valence-corrected chi connectivity index (χ3v) is 6.09. The maximum absolute atomic E-state index is 12.7. The van der Waals surface area contributed by atoms with Crippen LogP contribution in [0.25, 0.3) is 6.08 Å². The Bertz CT molecular complexity index is 1150. The van der Waals surface area contributed by atoms with Gasteiger partial charge in [0.25, 0.3) is 5.91 Å². The van der Waals surface area contributed by atoms with E-state index in [0.717, 1.165) is 5.56 Å². The molecule has 2 aromatic rings. The van der Waals surface area contributed by atoms with Gasteiger partial charge >= 0.3 is 11.9 Å². The van der Waals surface area contributed by atoms with Crippen molar-refractivity contribution >= 4 is 62.5 Å². The van der Waals surface area contributed by atoms with Crippen molar-refractivity contribution in [2.45, 2.75) is 6.92 Å². The molecule has 0 unspecified atom stereocenters. The summed E-state index contributed by atoms with van der Waals surface area (Å²) in [5.41, 5.74) is 1.70. The number of thioether (sulfide) groups is 1. The van der Waals surface area contributed by atoms with Gasteiger partial charge in [-0.1, -0.05) is 12.1 Å². The van der Waals surface area contributed by atoms with E-state index in [4.69, 9.17) is 9.47 Å². The van der Waals surface area contributed by atoms with Gasteiger partial charge in [-0.2, -0.15) is 0 Å². The van der Waals surface area contributed by atoms with Crippen LogP contribution in [0.5, 0.6) is 5.75 Å². The molecule has 2 aromatic carbocycles. The SMILES string of the molecule is CCOC(=O)c1cccc(N=C2SC(=Cc3ccc(OCC(=O)OC)c(Br)c3)C(=O)N2C)c1. The summed E-state index contributed by atoms with van der Waals surface area (Å²) in [5.74, 6) is -0.617. The molecule has 172 valence electrons. The van der Waals surface area contributed by atoms with Gasteiger partial charge in [0, 0.05) is 7.05 Å². The topological polar surface area (TPSA) is 94.5 Å². The Kier molecular flexibility index (Phi) is 8.29. The van der Waals surface area contributed by atoms with Crippen molar-refractivity contribution in [1.82, 2.24) is 4.90 Å². The molecule has 1 aliphatic heterocycles. The fraction of sp³-hybridized carbons (Fsp3) is 0.217. The molecule has 1 fully saturated rings. The highest BCUT2D eigenvalue weighted by Crippen LogP contribution is 2.34. The van der Waals surface area contributed by atoms with Crippen molar-refractivity contribution in [3.63, 3.8) is 0 Å². The first-order valence-electron chi connectivity index (χ1n) is 9.85. The highest BCUT2D eigenvalue weighted by atomic mass is 79.9. The van der Waals surface area contributed by atoms with E-state index in [0.29, 0.717) is 31.5 Å². The molecule has 1 heterocycles. The number of likely N-dealkylation sites (N-methyl/N-ethyl adjacent to an activating group) is 1. The van der Waals surface area contributed by atoms with E-state index in [2.05, 4.69) is 25.7 Å². The lowest BCUT2D eigenvalue weighted by atomic mass is 10.2. The van der Waals surface area contributed by atoms with Crippen LogP contribution < -0.4 is 4.74 Å². The molecule has 10 heteroatoms. The molecule has 0 spiro atoms. The van der Waals surface area contributed by atoms with Gasteiger partial charge in [0.15, 0.2) is 11.8 Å². The van der Waals surface area contributed by atoms with E-state index in [1.54, 1.807) is 62.5 Å². The number of carbonyl (C=O) groups is 3. The number of carbonyl (C=O) groups excluding carboxylic acids is 3. The number of rotatable bonds is 7. The second-order valence-electron chi connectivity index (χ2n) is 6.69. The molecule has 0 aromatic heterocycles. The summed E-state index contributed by atoms with van der Waals surface area (Å²) in [5, 5.41) is 0.490. The summed E-state index contributed by atoms with van der Waals surface area (Å²) < 4.78 is 15.6. The first kappa shape index (κ1) is 24.5. The number of aliphatic imine (C=N–C) groups is 1.